The summed E-state index contributed by atoms with van der Waals surface area (Å²) in [4.78, 5) is 16.8. The van der Waals surface area contributed by atoms with Gasteiger partial charge >= 0.3 is 0 Å². The highest BCUT2D eigenvalue weighted by Gasteiger charge is 2.28. The minimum Gasteiger partial charge on any atom is -0.444 e. The molecule has 1 aliphatic rings. The van der Waals surface area contributed by atoms with E-state index in [1.54, 1.807) is 12.1 Å². The molecule has 1 aliphatic carbocycles. The van der Waals surface area contributed by atoms with Crippen LogP contribution in [-0.2, 0) is 6.42 Å². The quantitative estimate of drug-likeness (QED) is 0.503. The van der Waals surface area contributed by atoms with Gasteiger partial charge in [-0.3, -0.25) is 4.79 Å². The minimum atomic E-state index is -0.490. The highest BCUT2D eigenvalue weighted by molar-refractivity contribution is 7.90. The Labute approximate surface area is 142 Å². The van der Waals surface area contributed by atoms with Crippen molar-refractivity contribution in [3.05, 3.63) is 39.9 Å². The summed E-state index contributed by atoms with van der Waals surface area (Å²) >= 11 is 5.70. The molecule has 3 rings (SSSR count). The van der Waals surface area contributed by atoms with E-state index < -0.39 is 5.91 Å². The number of thiol groups is 1. The van der Waals surface area contributed by atoms with Crippen molar-refractivity contribution in [1.29, 1.82) is 5.41 Å². The standard InChI is InChI=1S/C15H14N4O2S2/c16-5-7-1-3-9-11(12(7)22)15(23-13(9)14(18)20)21-8-2-4-10(17)19-6-8/h2,4-6,16,22H,1,3H2,(H2,17,19)(H2,18,20). The van der Waals surface area contributed by atoms with Crippen molar-refractivity contribution in [3.63, 3.8) is 0 Å². The topological polar surface area (TPSA) is 115 Å². The van der Waals surface area contributed by atoms with E-state index in [1.807, 2.05) is 0 Å². The third-order valence-electron chi connectivity index (χ3n) is 3.53. The van der Waals surface area contributed by atoms with Crippen molar-refractivity contribution < 1.29 is 9.53 Å². The van der Waals surface area contributed by atoms with Crippen LogP contribution >= 0.6 is 24.0 Å². The highest BCUT2D eigenvalue weighted by atomic mass is 32.1. The average molecular weight is 346 g/mol. The molecule has 0 saturated heterocycles. The van der Waals surface area contributed by atoms with Gasteiger partial charge in [-0.2, -0.15) is 0 Å². The molecule has 2 aromatic heterocycles. The van der Waals surface area contributed by atoms with Crippen molar-refractivity contribution in [3.8, 4) is 10.8 Å². The van der Waals surface area contributed by atoms with Gasteiger partial charge in [0.1, 0.15) is 11.6 Å². The molecular formula is C15H14N4O2S2. The van der Waals surface area contributed by atoms with Gasteiger partial charge in [0.05, 0.1) is 11.1 Å². The second-order valence-electron chi connectivity index (χ2n) is 4.98. The number of allylic oxidation sites excluding steroid dienone is 1. The van der Waals surface area contributed by atoms with Crippen LogP contribution in [0, 0.1) is 5.41 Å². The number of anilines is 1. The summed E-state index contributed by atoms with van der Waals surface area (Å²) in [6.45, 7) is 0. The Hall–Kier alpha value is -2.32. The minimum absolute atomic E-state index is 0.393. The van der Waals surface area contributed by atoms with Crippen LogP contribution < -0.4 is 16.2 Å². The summed E-state index contributed by atoms with van der Waals surface area (Å²) in [5.74, 6) is 0.405. The number of nitrogens with two attached hydrogens (primary N) is 2. The summed E-state index contributed by atoms with van der Waals surface area (Å²) in [5.41, 5.74) is 13.4. The number of carbonyl (C=O) groups is 1. The molecule has 1 amide bonds. The van der Waals surface area contributed by atoms with Crippen LogP contribution in [0.2, 0.25) is 0 Å². The lowest BCUT2D eigenvalue weighted by Gasteiger charge is -2.16. The van der Waals surface area contributed by atoms with E-state index in [-0.39, 0.29) is 0 Å². The Kier molecular flexibility index (Phi) is 4.10. The van der Waals surface area contributed by atoms with E-state index in [1.165, 1.54) is 23.7 Å². The average Bonchev–Trinajstić information content (AvgIpc) is 2.90. The molecular weight excluding hydrogens is 332 g/mol. The number of thiophene rings is 1. The zero-order chi connectivity index (χ0) is 16.6. The zero-order valence-electron chi connectivity index (χ0n) is 12.0. The number of aromatic nitrogens is 1. The fraction of sp³-hybridized carbons (Fsp3) is 0.133. The molecule has 5 N–H and O–H groups in total. The van der Waals surface area contributed by atoms with Gasteiger partial charge in [-0.05, 0) is 36.1 Å². The molecule has 0 bridgehead atoms. The molecule has 118 valence electrons. The van der Waals surface area contributed by atoms with E-state index in [4.69, 9.17) is 21.6 Å². The third kappa shape index (κ3) is 2.82. The molecule has 0 fully saturated rings. The molecule has 0 spiro atoms. The number of nitrogens with zero attached hydrogens (tertiary/aromatic N) is 1. The Morgan fingerprint density at radius 1 is 1.43 bits per heavy atom. The fourth-order valence-electron chi connectivity index (χ4n) is 2.43. The number of amides is 1. The number of fused-ring (bicyclic) bond motifs is 1. The maximum atomic E-state index is 11.7. The van der Waals surface area contributed by atoms with Crippen molar-refractivity contribution in [1.82, 2.24) is 4.98 Å². The van der Waals surface area contributed by atoms with Gasteiger partial charge in [-0.1, -0.05) is 11.3 Å². The molecule has 0 aromatic carbocycles. The number of nitrogen functional groups attached to an aromatic ring is 1. The van der Waals surface area contributed by atoms with E-state index >= 15 is 0 Å². The summed E-state index contributed by atoms with van der Waals surface area (Å²) in [7, 11) is 0. The first-order valence-electron chi connectivity index (χ1n) is 6.79. The predicted molar refractivity (Wildman–Crippen MR) is 94.6 cm³/mol. The van der Waals surface area contributed by atoms with Crippen molar-refractivity contribution >= 4 is 46.8 Å². The number of hydrogen-bond donors (Lipinski definition) is 4. The SMILES string of the molecule is N=CC1=C(S)c2c(Oc3ccc(N)nc3)sc(C(N)=O)c2CC1. The summed E-state index contributed by atoms with van der Waals surface area (Å²) in [5, 5.41) is 8.01. The second-order valence-corrected chi connectivity index (χ2v) is 6.41. The van der Waals surface area contributed by atoms with Gasteiger partial charge in [0.25, 0.3) is 5.91 Å². The van der Waals surface area contributed by atoms with Gasteiger partial charge in [0, 0.05) is 16.7 Å². The van der Waals surface area contributed by atoms with Crippen LogP contribution in [0.15, 0.2) is 23.9 Å². The van der Waals surface area contributed by atoms with E-state index in [0.29, 0.717) is 39.3 Å². The van der Waals surface area contributed by atoms with E-state index in [9.17, 15) is 4.79 Å². The van der Waals surface area contributed by atoms with Crippen molar-refractivity contribution in [2.45, 2.75) is 12.8 Å². The van der Waals surface area contributed by atoms with Crippen LogP contribution in [0.3, 0.4) is 0 Å². The molecule has 0 radical (unpaired) electrons. The van der Waals surface area contributed by atoms with Crippen LogP contribution in [0.4, 0.5) is 5.82 Å². The van der Waals surface area contributed by atoms with Crippen LogP contribution in [0.25, 0.3) is 4.91 Å². The normalized spacial score (nSPS) is 13.6. The third-order valence-corrected chi connectivity index (χ3v) is 5.16. The van der Waals surface area contributed by atoms with Gasteiger partial charge < -0.3 is 21.6 Å². The fourth-order valence-corrected chi connectivity index (χ4v) is 4.00. The smallest absolute Gasteiger partial charge is 0.259 e. The lowest BCUT2D eigenvalue weighted by atomic mass is 9.93. The molecule has 2 heterocycles. The lowest BCUT2D eigenvalue weighted by molar-refractivity contribution is 0.100. The molecule has 0 unspecified atom stereocenters. The van der Waals surface area contributed by atoms with Gasteiger partial charge in [-0.15, -0.1) is 12.6 Å². The van der Waals surface area contributed by atoms with Crippen molar-refractivity contribution in [2.75, 3.05) is 5.73 Å². The number of nitrogens with one attached hydrogen (secondary N) is 1. The Morgan fingerprint density at radius 3 is 2.83 bits per heavy atom. The number of primary amides is 1. The van der Waals surface area contributed by atoms with Crippen LogP contribution in [-0.4, -0.2) is 17.1 Å². The summed E-state index contributed by atoms with van der Waals surface area (Å²) in [6.07, 6.45) is 4.06. The second kappa shape index (κ2) is 6.05. The molecule has 0 aliphatic heterocycles. The summed E-state index contributed by atoms with van der Waals surface area (Å²) in [6, 6.07) is 3.32. The van der Waals surface area contributed by atoms with Gasteiger partial charge in [-0.25, -0.2) is 4.98 Å². The van der Waals surface area contributed by atoms with Crippen LogP contribution in [0.1, 0.15) is 27.2 Å². The Bertz CT molecular complexity index is 825. The van der Waals surface area contributed by atoms with Crippen LogP contribution in [0.5, 0.6) is 10.8 Å². The first-order valence-corrected chi connectivity index (χ1v) is 8.05. The number of rotatable bonds is 4. The number of hydrogen-bond acceptors (Lipinski definition) is 7. The van der Waals surface area contributed by atoms with Gasteiger partial charge in [0.2, 0.25) is 0 Å². The number of pyridine rings is 1. The summed E-state index contributed by atoms with van der Waals surface area (Å²) < 4.78 is 5.86. The largest absolute Gasteiger partial charge is 0.444 e. The molecule has 0 atom stereocenters. The van der Waals surface area contributed by atoms with E-state index in [0.717, 1.165) is 16.7 Å². The van der Waals surface area contributed by atoms with Gasteiger partial charge in [0.15, 0.2) is 5.06 Å². The van der Waals surface area contributed by atoms with E-state index in [2.05, 4.69) is 17.6 Å². The highest BCUT2D eigenvalue weighted by Crippen LogP contribution is 2.47. The maximum absolute atomic E-state index is 11.7. The predicted octanol–water partition coefficient (Wildman–Crippen LogP) is 2.85. The van der Waals surface area contributed by atoms with Crippen molar-refractivity contribution in [2.24, 2.45) is 5.73 Å². The maximum Gasteiger partial charge on any atom is 0.259 e. The Morgan fingerprint density at radius 2 is 2.22 bits per heavy atom. The first kappa shape index (κ1) is 15.6. The molecule has 0 saturated carbocycles. The number of carbonyl (C=O) groups excluding carboxylic acids is 1. The Balaban J connectivity index is 2.11. The molecule has 6 nitrogen and oxygen atoms in total. The lowest BCUT2D eigenvalue weighted by Crippen LogP contribution is -2.13. The molecule has 2 aromatic rings. The molecule has 8 heteroatoms. The zero-order valence-corrected chi connectivity index (χ0v) is 13.7. The monoisotopic (exact) mass is 346 g/mol. The number of ether oxygens (including phenoxy) is 1. The first-order chi connectivity index (χ1) is 11.0. The molecule has 23 heavy (non-hydrogen) atoms.